The normalized spacial score (nSPS) is 57.4. The lowest BCUT2D eigenvalue weighted by Gasteiger charge is -2.61. The van der Waals surface area contributed by atoms with E-state index >= 15 is 0 Å². The number of hydrogen-bond donors (Lipinski definition) is 1. The first kappa shape index (κ1) is 15.1. The molecular formula is C21H32O. The number of aliphatic hydroxyl groups is 1. The second-order valence-corrected chi connectivity index (χ2v) is 9.30. The summed E-state index contributed by atoms with van der Waals surface area (Å²) in [7, 11) is 0. The van der Waals surface area contributed by atoms with Crippen LogP contribution in [0.25, 0.3) is 0 Å². The standard InChI is InChI=1S/C21H32O/c1-4-14-6-5-7-15-8-9-16-17-10-11-19(22)20(17,2)13-12-18(16)21(14,15)3/h1,14-19,22H,5-13H2,2-3H3/t14?,15-,16+,17+,18+,19+,20+,21+/m1/s1. The number of fused-ring (bicyclic) bond motifs is 5. The Bertz CT molecular complexity index is 491. The minimum atomic E-state index is -0.0567. The third-order valence-corrected chi connectivity index (χ3v) is 8.91. The van der Waals surface area contributed by atoms with Crippen molar-refractivity contribution in [2.75, 3.05) is 0 Å². The van der Waals surface area contributed by atoms with Gasteiger partial charge in [0.2, 0.25) is 0 Å². The summed E-state index contributed by atoms with van der Waals surface area (Å²) >= 11 is 0. The number of rotatable bonds is 0. The lowest BCUT2D eigenvalue weighted by Crippen LogP contribution is -2.55. The average Bonchev–Trinajstić information content (AvgIpc) is 2.82. The summed E-state index contributed by atoms with van der Waals surface area (Å²) in [5.74, 6) is 6.95. The van der Waals surface area contributed by atoms with Crippen LogP contribution in [0.3, 0.4) is 0 Å². The van der Waals surface area contributed by atoms with Crippen LogP contribution in [0.4, 0.5) is 0 Å². The number of terminal acetylenes is 1. The van der Waals surface area contributed by atoms with E-state index in [-0.39, 0.29) is 11.5 Å². The van der Waals surface area contributed by atoms with Crippen molar-refractivity contribution in [1.29, 1.82) is 0 Å². The van der Waals surface area contributed by atoms with Crippen LogP contribution in [0.2, 0.25) is 0 Å². The van der Waals surface area contributed by atoms with E-state index in [4.69, 9.17) is 6.42 Å². The van der Waals surface area contributed by atoms with Crippen LogP contribution in [0.15, 0.2) is 0 Å². The van der Waals surface area contributed by atoms with Gasteiger partial charge in [0.05, 0.1) is 6.10 Å². The largest absolute Gasteiger partial charge is 0.393 e. The molecule has 0 radical (unpaired) electrons. The monoisotopic (exact) mass is 300 g/mol. The molecule has 0 aromatic rings. The summed E-state index contributed by atoms with van der Waals surface area (Å²) in [5, 5.41) is 10.5. The summed E-state index contributed by atoms with van der Waals surface area (Å²) in [4.78, 5) is 0. The molecule has 4 rings (SSSR count). The Morgan fingerprint density at radius 1 is 0.955 bits per heavy atom. The molecule has 0 spiro atoms. The maximum Gasteiger partial charge on any atom is 0.0596 e. The van der Waals surface area contributed by atoms with Gasteiger partial charge in [-0.2, -0.15) is 0 Å². The molecule has 22 heavy (non-hydrogen) atoms. The Balaban J connectivity index is 1.69. The van der Waals surface area contributed by atoms with E-state index in [1.807, 2.05) is 0 Å². The Hall–Kier alpha value is -0.480. The molecule has 0 amide bonds. The van der Waals surface area contributed by atoms with Gasteiger partial charge in [-0.05, 0) is 85.9 Å². The number of hydrogen-bond acceptors (Lipinski definition) is 1. The van der Waals surface area contributed by atoms with Gasteiger partial charge in [-0.3, -0.25) is 0 Å². The number of aliphatic hydroxyl groups excluding tert-OH is 1. The first-order chi connectivity index (χ1) is 10.5. The highest BCUT2D eigenvalue weighted by atomic mass is 16.3. The Labute approximate surface area is 136 Å². The van der Waals surface area contributed by atoms with E-state index in [1.54, 1.807) is 0 Å². The Morgan fingerprint density at radius 2 is 1.77 bits per heavy atom. The quantitative estimate of drug-likeness (QED) is 0.646. The van der Waals surface area contributed by atoms with Crippen LogP contribution < -0.4 is 0 Å². The zero-order chi connectivity index (χ0) is 15.5. The van der Waals surface area contributed by atoms with Gasteiger partial charge >= 0.3 is 0 Å². The van der Waals surface area contributed by atoms with Gasteiger partial charge in [0, 0.05) is 5.92 Å². The predicted molar refractivity (Wildman–Crippen MR) is 90.1 cm³/mol. The van der Waals surface area contributed by atoms with Crippen molar-refractivity contribution < 1.29 is 5.11 Å². The van der Waals surface area contributed by atoms with E-state index in [1.165, 1.54) is 51.4 Å². The summed E-state index contributed by atoms with van der Waals surface area (Å²) in [6, 6.07) is 0. The lowest BCUT2D eigenvalue weighted by molar-refractivity contribution is -0.133. The van der Waals surface area contributed by atoms with Crippen molar-refractivity contribution in [2.24, 2.45) is 40.4 Å². The van der Waals surface area contributed by atoms with Crippen molar-refractivity contribution in [3.63, 3.8) is 0 Å². The lowest BCUT2D eigenvalue weighted by atomic mass is 9.43. The topological polar surface area (TPSA) is 20.2 Å². The minimum absolute atomic E-state index is 0.0567. The molecule has 4 saturated carbocycles. The van der Waals surface area contributed by atoms with Crippen molar-refractivity contribution in [2.45, 2.75) is 77.7 Å². The smallest absolute Gasteiger partial charge is 0.0596 e. The van der Waals surface area contributed by atoms with Crippen LogP contribution in [0, 0.1) is 52.8 Å². The molecule has 1 heteroatoms. The second-order valence-electron chi connectivity index (χ2n) is 9.30. The fraction of sp³-hybridized carbons (Fsp3) is 0.905. The van der Waals surface area contributed by atoms with E-state index in [2.05, 4.69) is 19.8 Å². The van der Waals surface area contributed by atoms with Crippen LogP contribution in [0.5, 0.6) is 0 Å². The van der Waals surface area contributed by atoms with Gasteiger partial charge in [-0.15, -0.1) is 12.3 Å². The van der Waals surface area contributed by atoms with Crippen molar-refractivity contribution in [1.82, 2.24) is 0 Å². The molecule has 4 fully saturated rings. The van der Waals surface area contributed by atoms with Crippen LogP contribution in [0.1, 0.15) is 71.6 Å². The first-order valence-electron chi connectivity index (χ1n) is 9.66. The summed E-state index contributed by atoms with van der Waals surface area (Å²) in [6.07, 6.45) is 17.5. The summed E-state index contributed by atoms with van der Waals surface area (Å²) in [5.41, 5.74) is 0.579. The SMILES string of the molecule is C#CC1CCC[C@@H]2CC[C@H]3[C@@H]4CC[C@H](O)[C@@]4(C)CC[C@@H]3[C@@]12C. The Morgan fingerprint density at radius 3 is 2.55 bits per heavy atom. The fourth-order valence-corrected chi connectivity index (χ4v) is 7.58. The van der Waals surface area contributed by atoms with E-state index in [0.29, 0.717) is 11.3 Å². The molecule has 1 unspecified atom stereocenters. The molecule has 1 nitrogen and oxygen atoms in total. The van der Waals surface area contributed by atoms with Gasteiger partial charge in [0.1, 0.15) is 0 Å². The van der Waals surface area contributed by atoms with Crippen molar-refractivity contribution in [3.05, 3.63) is 0 Å². The molecule has 0 aromatic heterocycles. The predicted octanol–water partition coefficient (Wildman–Crippen LogP) is 4.64. The zero-order valence-electron chi connectivity index (χ0n) is 14.4. The van der Waals surface area contributed by atoms with E-state index < -0.39 is 0 Å². The molecule has 4 aliphatic rings. The molecule has 122 valence electrons. The molecule has 1 N–H and O–H groups in total. The molecule has 8 atom stereocenters. The average molecular weight is 300 g/mol. The Kier molecular flexibility index (Phi) is 3.43. The third kappa shape index (κ3) is 1.77. The van der Waals surface area contributed by atoms with Crippen LogP contribution >= 0.6 is 0 Å². The second kappa shape index (κ2) is 5.01. The molecule has 0 aliphatic heterocycles. The molecule has 4 aliphatic carbocycles. The van der Waals surface area contributed by atoms with Gasteiger partial charge in [-0.1, -0.05) is 20.3 Å². The minimum Gasteiger partial charge on any atom is -0.393 e. The fourth-order valence-electron chi connectivity index (χ4n) is 7.58. The van der Waals surface area contributed by atoms with Crippen molar-refractivity contribution >= 4 is 0 Å². The summed E-state index contributed by atoms with van der Waals surface area (Å²) in [6.45, 7) is 4.92. The summed E-state index contributed by atoms with van der Waals surface area (Å²) < 4.78 is 0. The molecule has 0 saturated heterocycles. The molecule has 0 heterocycles. The zero-order valence-corrected chi connectivity index (χ0v) is 14.4. The molecule has 0 aromatic carbocycles. The van der Waals surface area contributed by atoms with Gasteiger partial charge < -0.3 is 5.11 Å². The highest BCUT2D eigenvalue weighted by molar-refractivity contribution is 5.14. The molecular weight excluding hydrogens is 268 g/mol. The van der Waals surface area contributed by atoms with Crippen LogP contribution in [-0.4, -0.2) is 11.2 Å². The third-order valence-electron chi connectivity index (χ3n) is 8.91. The van der Waals surface area contributed by atoms with E-state index in [0.717, 1.165) is 30.1 Å². The van der Waals surface area contributed by atoms with Gasteiger partial charge in [-0.25, -0.2) is 0 Å². The maximum atomic E-state index is 10.5. The van der Waals surface area contributed by atoms with Gasteiger partial charge in [0.15, 0.2) is 0 Å². The highest BCUT2D eigenvalue weighted by Gasteiger charge is 2.61. The highest BCUT2D eigenvalue weighted by Crippen LogP contribution is 2.67. The van der Waals surface area contributed by atoms with Gasteiger partial charge in [0.25, 0.3) is 0 Å². The van der Waals surface area contributed by atoms with E-state index in [9.17, 15) is 5.11 Å². The molecule has 0 bridgehead atoms. The first-order valence-corrected chi connectivity index (χ1v) is 9.66. The maximum absolute atomic E-state index is 10.5. The van der Waals surface area contributed by atoms with Crippen LogP contribution in [-0.2, 0) is 0 Å². The van der Waals surface area contributed by atoms with Crippen molar-refractivity contribution in [3.8, 4) is 12.3 Å².